The third kappa shape index (κ3) is 3.06. The van der Waals surface area contributed by atoms with Crippen molar-refractivity contribution in [2.45, 2.75) is 13.5 Å². The lowest BCUT2D eigenvalue weighted by Gasteiger charge is -2.12. The van der Waals surface area contributed by atoms with Crippen molar-refractivity contribution in [3.8, 4) is 5.88 Å². The third-order valence-corrected chi connectivity index (χ3v) is 2.98. The fraction of sp³-hybridized carbons (Fsp3) is 0.200. The Hall–Kier alpha value is -2.56. The van der Waals surface area contributed by atoms with E-state index in [1.165, 1.54) is 0 Å². The molecular formula is C15H16N2O3. The summed E-state index contributed by atoms with van der Waals surface area (Å²) in [5.41, 5.74) is 2.77. The summed E-state index contributed by atoms with van der Waals surface area (Å²) in [5, 5.41) is 12.4. The van der Waals surface area contributed by atoms with Gasteiger partial charge in [0.15, 0.2) is 0 Å². The van der Waals surface area contributed by atoms with Gasteiger partial charge in [0, 0.05) is 18.8 Å². The predicted molar refractivity (Wildman–Crippen MR) is 76.3 cm³/mol. The number of hydrogen-bond donors (Lipinski definition) is 2. The van der Waals surface area contributed by atoms with Crippen molar-refractivity contribution in [1.82, 2.24) is 4.98 Å². The molecule has 0 aliphatic heterocycles. The highest BCUT2D eigenvalue weighted by molar-refractivity contribution is 5.95. The van der Waals surface area contributed by atoms with Gasteiger partial charge in [-0.2, -0.15) is 0 Å². The van der Waals surface area contributed by atoms with Crippen LogP contribution in [0.4, 0.5) is 5.69 Å². The zero-order chi connectivity index (χ0) is 14.5. The van der Waals surface area contributed by atoms with Crippen LogP contribution in [0, 0.1) is 6.92 Å². The molecule has 20 heavy (non-hydrogen) atoms. The number of pyridine rings is 1. The van der Waals surface area contributed by atoms with Gasteiger partial charge in [0.05, 0.1) is 18.4 Å². The molecule has 5 nitrogen and oxygen atoms in total. The molecule has 0 saturated carbocycles. The van der Waals surface area contributed by atoms with E-state index in [1.54, 1.807) is 25.4 Å². The number of benzene rings is 1. The van der Waals surface area contributed by atoms with Crippen LogP contribution < -0.4 is 10.1 Å². The van der Waals surface area contributed by atoms with Crippen molar-refractivity contribution in [1.29, 1.82) is 0 Å². The van der Waals surface area contributed by atoms with Crippen LogP contribution in [-0.4, -0.2) is 23.2 Å². The molecule has 2 aromatic rings. The number of methoxy groups -OCH3 is 1. The number of para-hydroxylation sites is 1. The van der Waals surface area contributed by atoms with Gasteiger partial charge in [0.2, 0.25) is 5.88 Å². The number of rotatable bonds is 5. The normalized spacial score (nSPS) is 10.1. The van der Waals surface area contributed by atoms with Crippen molar-refractivity contribution in [3.05, 3.63) is 53.2 Å². The van der Waals surface area contributed by atoms with Crippen LogP contribution in [0.1, 0.15) is 21.5 Å². The number of nitrogens with one attached hydrogen (secondary N) is 1. The molecular weight excluding hydrogens is 256 g/mol. The minimum Gasteiger partial charge on any atom is -0.481 e. The van der Waals surface area contributed by atoms with Gasteiger partial charge in [0.25, 0.3) is 0 Å². The third-order valence-electron chi connectivity index (χ3n) is 2.98. The Bertz CT molecular complexity index is 626. The van der Waals surface area contributed by atoms with E-state index in [-0.39, 0.29) is 5.56 Å². The first-order valence-corrected chi connectivity index (χ1v) is 6.17. The summed E-state index contributed by atoms with van der Waals surface area (Å²) in [6.45, 7) is 2.38. The Kier molecular flexibility index (Phi) is 4.20. The van der Waals surface area contributed by atoms with E-state index in [0.717, 1.165) is 11.1 Å². The molecule has 5 heteroatoms. The maximum atomic E-state index is 11.2. The SMILES string of the molecule is COc1cc(CNc2c(C)cccc2C(=O)O)ccn1. The molecule has 2 rings (SSSR count). The molecule has 1 heterocycles. The number of carboxylic acids is 1. The zero-order valence-corrected chi connectivity index (χ0v) is 11.4. The van der Waals surface area contributed by atoms with Crippen molar-refractivity contribution < 1.29 is 14.6 Å². The van der Waals surface area contributed by atoms with Crippen LogP contribution in [0.3, 0.4) is 0 Å². The van der Waals surface area contributed by atoms with Crippen LogP contribution in [0.2, 0.25) is 0 Å². The quantitative estimate of drug-likeness (QED) is 0.875. The van der Waals surface area contributed by atoms with Crippen molar-refractivity contribution in [2.24, 2.45) is 0 Å². The Morgan fingerprint density at radius 1 is 1.40 bits per heavy atom. The molecule has 0 aliphatic rings. The molecule has 1 aromatic heterocycles. The summed E-state index contributed by atoms with van der Waals surface area (Å²) in [5.74, 6) is -0.406. The number of aryl methyl sites for hydroxylation is 1. The van der Waals surface area contributed by atoms with Gasteiger partial charge in [-0.15, -0.1) is 0 Å². The minimum atomic E-state index is -0.941. The number of nitrogens with zero attached hydrogens (tertiary/aromatic N) is 1. The van der Waals surface area contributed by atoms with Crippen molar-refractivity contribution in [2.75, 3.05) is 12.4 Å². The number of ether oxygens (including phenoxy) is 1. The Morgan fingerprint density at radius 3 is 2.90 bits per heavy atom. The van der Waals surface area contributed by atoms with Gasteiger partial charge in [-0.3, -0.25) is 0 Å². The van der Waals surface area contributed by atoms with E-state index in [2.05, 4.69) is 10.3 Å². The van der Waals surface area contributed by atoms with E-state index < -0.39 is 5.97 Å². The molecule has 0 amide bonds. The second kappa shape index (κ2) is 6.06. The Labute approximate surface area is 117 Å². The lowest BCUT2D eigenvalue weighted by Crippen LogP contribution is -2.08. The van der Waals surface area contributed by atoms with E-state index in [0.29, 0.717) is 18.1 Å². The summed E-state index contributed by atoms with van der Waals surface area (Å²) >= 11 is 0. The molecule has 2 N–H and O–H groups in total. The monoisotopic (exact) mass is 272 g/mol. The summed E-state index contributed by atoms with van der Waals surface area (Å²) in [6, 6.07) is 8.87. The summed E-state index contributed by atoms with van der Waals surface area (Å²) < 4.78 is 5.06. The summed E-state index contributed by atoms with van der Waals surface area (Å²) in [4.78, 5) is 15.2. The molecule has 0 fully saturated rings. The average molecular weight is 272 g/mol. The maximum absolute atomic E-state index is 11.2. The zero-order valence-electron chi connectivity index (χ0n) is 11.4. The van der Waals surface area contributed by atoms with E-state index in [4.69, 9.17) is 4.74 Å². The number of aromatic carboxylic acids is 1. The smallest absolute Gasteiger partial charge is 0.337 e. The fourth-order valence-corrected chi connectivity index (χ4v) is 1.94. The molecule has 0 radical (unpaired) electrons. The molecule has 0 atom stereocenters. The fourth-order valence-electron chi connectivity index (χ4n) is 1.94. The first-order chi connectivity index (χ1) is 9.61. The summed E-state index contributed by atoms with van der Waals surface area (Å²) in [6.07, 6.45) is 1.66. The van der Waals surface area contributed by atoms with Crippen LogP contribution in [0.5, 0.6) is 5.88 Å². The van der Waals surface area contributed by atoms with Gasteiger partial charge in [-0.05, 0) is 30.2 Å². The van der Waals surface area contributed by atoms with Gasteiger partial charge < -0.3 is 15.2 Å². The Morgan fingerprint density at radius 2 is 2.20 bits per heavy atom. The largest absolute Gasteiger partial charge is 0.481 e. The average Bonchev–Trinajstić information content (AvgIpc) is 2.45. The van der Waals surface area contributed by atoms with Crippen LogP contribution in [0.25, 0.3) is 0 Å². The highest BCUT2D eigenvalue weighted by atomic mass is 16.5. The molecule has 104 valence electrons. The van der Waals surface area contributed by atoms with Gasteiger partial charge in [0.1, 0.15) is 0 Å². The first kappa shape index (κ1) is 13.9. The minimum absolute atomic E-state index is 0.269. The second-order valence-corrected chi connectivity index (χ2v) is 4.36. The lowest BCUT2D eigenvalue weighted by atomic mass is 10.1. The van der Waals surface area contributed by atoms with E-state index >= 15 is 0 Å². The summed E-state index contributed by atoms with van der Waals surface area (Å²) in [7, 11) is 1.56. The van der Waals surface area contributed by atoms with E-state index in [1.807, 2.05) is 25.1 Å². The van der Waals surface area contributed by atoms with E-state index in [9.17, 15) is 9.90 Å². The Balaban J connectivity index is 2.20. The molecule has 0 unspecified atom stereocenters. The standard InChI is InChI=1S/C15H16N2O3/c1-10-4-3-5-12(15(18)19)14(10)17-9-11-6-7-16-13(8-11)20-2/h3-8,17H,9H2,1-2H3,(H,18,19). The number of aromatic nitrogens is 1. The van der Waals surface area contributed by atoms with Crippen LogP contribution >= 0.6 is 0 Å². The second-order valence-electron chi connectivity index (χ2n) is 4.36. The van der Waals surface area contributed by atoms with Gasteiger partial charge in [-0.25, -0.2) is 9.78 Å². The van der Waals surface area contributed by atoms with Crippen LogP contribution in [0.15, 0.2) is 36.5 Å². The lowest BCUT2D eigenvalue weighted by molar-refractivity contribution is 0.0698. The molecule has 0 spiro atoms. The van der Waals surface area contributed by atoms with Gasteiger partial charge in [-0.1, -0.05) is 12.1 Å². The molecule has 1 aromatic carbocycles. The highest BCUT2D eigenvalue weighted by Crippen LogP contribution is 2.21. The maximum Gasteiger partial charge on any atom is 0.337 e. The van der Waals surface area contributed by atoms with Crippen molar-refractivity contribution >= 4 is 11.7 Å². The highest BCUT2D eigenvalue weighted by Gasteiger charge is 2.11. The number of carboxylic acid groups (broad SMARTS) is 1. The predicted octanol–water partition coefficient (Wildman–Crippen LogP) is 2.71. The topological polar surface area (TPSA) is 71.5 Å². The molecule has 0 bridgehead atoms. The molecule has 0 aliphatic carbocycles. The molecule has 0 saturated heterocycles. The van der Waals surface area contributed by atoms with Gasteiger partial charge >= 0.3 is 5.97 Å². The number of anilines is 1. The number of carbonyl (C=O) groups is 1. The first-order valence-electron chi connectivity index (χ1n) is 6.17. The van der Waals surface area contributed by atoms with Crippen LogP contribution in [-0.2, 0) is 6.54 Å². The van der Waals surface area contributed by atoms with Crippen molar-refractivity contribution in [3.63, 3.8) is 0 Å². The number of hydrogen-bond acceptors (Lipinski definition) is 4.